The van der Waals surface area contributed by atoms with Crippen LogP contribution in [0.1, 0.15) is 0 Å². The van der Waals surface area contributed by atoms with Gasteiger partial charge in [-0.1, -0.05) is 0 Å². The van der Waals surface area contributed by atoms with Crippen LogP contribution in [0.4, 0.5) is 0 Å². The maximum atomic E-state index is 10.9. The number of nitrogens with zero attached hydrogens (tertiary/aromatic N) is 2. The Morgan fingerprint density at radius 1 is 0.938 bits per heavy atom. The fourth-order valence-electron chi connectivity index (χ4n) is 0.507. The molecule has 0 atom stereocenters. The second-order valence-corrected chi connectivity index (χ2v) is 6.32. The van der Waals surface area contributed by atoms with Gasteiger partial charge < -0.3 is 4.90 Å². The molecule has 0 bridgehead atoms. The third kappa shape index (κ3) is 19.3. The molecule has 0 fully saturated rings. The molecule has 0 aliphatic heterocycles. The topological polar surface area (TPSA) is 115 Å². The molecule has 0 unspecified atom stereocenters. The molecule has 0 aromatic carbocycles. The summed E-state index contributed by atoms with van der Waals surface area (Å²) in [5, 5.41) is 0. The monoisotopic (exact) mass is 278 g/mol. The fraction of sp³-hybridized carbons (Fsp3) is 1.00. The van der Waals surface area contributed by atoms with Gasteiger partial charge >= 0.3 is 10.4 Å². The van der Waals surface area contributed by atoms with E-state index in [0.717, 1.165) is 6.54 Å². The highest BCUT2D eigenvalue weighted by Crippen LogP contribution is 1.91. The van der Waals surface area contributed by atoms with Gasteiger partial charge in [-0.25, -0.2) is 12.7 Å². The first-order valence-electron chi connectivity index (χ1n) is 4.10. The van der Waals surface area contributed by atoms with E-state index in [1.165, 1.54) is 10.6 Å². The molecule has 8 nitrogen and oxygen atoms in total. The van der Waals surface area contributed by atoms with Gasteiger partial charge in [0.1, 0.15) is 0 Å². The third-order valence-corrected chi connectivity index (χ3v) is 2.74. The van der Waals surface area contributed by atoms with E-state index in [1.54, 1.807) is 7.05 Å². The Kier molecular flexibility index (Phi) is 8.09. The van der Waals surface area contributed by atoms with Crippen molar-refractivity contribution >= 4 is 20.4 Å². The Bertz CT molecular complexity index is 366. The van der Waals surface area contributed by atoms with E-state index in [0.29, 0.717) is 6.54 Å². The fourth-order valence-corrected chi connectivity index (χ4v) is 0.920. The van der Waals surface area contributed by atoms with Gasteiger partial charge in [-0.15, -0.1) is 0 Å². The lowest BCUT2D eigenvalue weighted by Gasteiger charge is -2.16. The average Bonchev–Trinajstić information content (AvgIpc) is 1.94. The molecular formula is C6H18N2O6S2. The van der Waals surface area contributed by atoms with Crippen molar-refractivity contribution in [1.82, 2.24) is 9.21 Å². The van der Waals surface area contributed by atoms with Gasteiger partial charge in [0.15, 0.2) is 0 Å². The zero-order valence-electron chi connectivity index (χ0n) is 9.65. The first kappa shape index (κ1) is 18.1. The van der Waals surface area contributed by atoms with Gasteiger partial charge in [0.2, 0.25) is 10.0 Å². The van der Waals surface area contributed by atoms with Crippen molar-refractivity contribution in [3.05, 3.63) is 0 Å². The summed E-state index contributed by atoms with van der Waals surface area (Å²) in [4.78, 5) is 1.95. The first-order chi connectivity index (χ1) is 6.84. The molecule has 0 saturated carbocycles. The second kappa shape index (κ2) is 7.14. The Labute approximate surface area is 96.5 Å². The Morgan fingerprint density at radius 2 is 1.25 bits per heavy atom. The summed E-state index contributed by atoms with van der Waals surface area (Å²) in [6, 6.07) is 0. The summed E-state index contributed by atoms with van der Waals surface area (Å²) in [6.07, 6.45) is 1.21. The molecule has 0 heterocycles. The van der Waals surface area contributed by atoms with Gasteiger partial charge in [-0.05, 0) is 14.1 Å². The van der Waals surface area contributed by atoms with Gasteiger partial charge in [0, 0.05) is 20.1 Å². The summed E-state index contributed by atoms with van der Waals surface area (Å²) in [5.74, 6) is 0. The number of hydrogen-bond acceptors (Lipinski definition) is 5. The van der Waals surface area contributed by atoms with E-state index in [9.17, 15) is 8.42 Å². The highest BCUT2D eigenvalue weighted by molar-refractivity contribution is 7.88. The van der Waals surface area contributed by atoms with Gasteiger partial charge in [-0.3, -0.25) is 9.11 Å². The molecular weight excluding hydrogens is 260 g/mol. The summed E-state index contributed by atoms with van der Waals surface area (Å²) < 4.78 is 54.6. The van der Waals surface area contributed by atoms with Crippen LogP contribution in [0.3, 0.4) is 0 Å². The second-order valence-electron chi connectivity index (χ2n) is 3.34. The smallest absolute Gasteiger partial charge is 0.308 e. The molecule has 0 rings (SSSR count). The molecule has 0 amide bonds. The van der Waals surface area contributed by atoms with E-state index >= 15 is 0 Å². The minimum Gasteiger partial charge on any atom is -0.308 e. The van der Waals surface area contributed by atoms with Crippen molar-refractivity contribution in [2.24, 2.45) is 0 Å². The van der Waals surface area contributed by atoms with Crippen molar-refractivity contribution in [2.45, 2.75) is 0 Å². The van der Waals surface area contributed by atoms with Crippen molar-refractivity contribution < 1.29 is 25.9 Å². The van der Waals surface area contributed by atoms with Gasteiger partial charge in [0.25, 0.3) is 0 Å². The minimum atomic E-state index is -4.67. The van der Waals surface area contributed by atoms with Crippen molar-refractivity contribution in [1.29, 1.82) is 0 Å². The Morgan fingerprint density at radius 3 is 1.44 bits per heavy atom. The molecule has 0 saturated heterocycles. The largest absolute Gasteiger partial charge is 0.394 e. The zero-order chi connectivity index (χ0) is 13.6. The van der Waals surface area contributed by atoms with Crippen LogP contribution in [0.25, 0.3) is 0 Å². The average molecular weight is 278 g/mol. The molecule has 0 spiro atoms. The lowest BCUT2D eigenvalue weighted by molar-refractivity contribution is 0.359. The lowest BCUT2D eigenvalue weighted by Crippen LogP contribution is -2.32. The zero-order valence-corrected chi connectivity index (χ0v) is 11.3. The maximum absolute atomic E-state index is 10.9. The lowest BCUT2D eigenvalue weighted by atomic mass is 10.6. The predicted molar refractivity (Wildman–Crippen MR) is 60.2 cm³/mol. The molecule has 100 valence electrons. The van der Waals surface area contributed by atoms with Crippen LogP contribution >= 0.6 is 0 Å². The summed E-state index contributed by atoms with van der Waals surface area (Å²) in [6.45, 7) is 1.30. The number of rotatable bonds is 4. The van der Waals surface area contributed by atoms with E-state index in [2.05, 4.69) is 0 Å². The van der Waals surface area contributed by atoms with Crippen LogP contribution in [0.2, 0.25) is 0 Å². The van der Waals surface area contributed by atoms with Crippen molar-refractivity contribution in [3.63, 3.8) is 0 Å². The molecule has 16 heavy (non-hydrogen) atoms. The summed E-state index contributed by atoms with van der Waals surface area (Å²) in [7, 11) is -2.25. The molecule has 0 aliphatic carbocycles. The first-order valence-corrected chi connectivity index (χ1v) is 7.34. The van der Waals surface area contributed by atoms with Crippen LogP contribution < -0.4 is 0 Å². The minimum absolute atomic E-state index is 0.547. The van der Waals surface area contributed by atoms with Crippen molar-refractivity contribution in [2.75, 3.05) is 40.5 Å². The van der Waals surface area contributed by atoms with Crippen LogP contribution in [-0.2, 0) is 20.4 Å². The highest BCUT2D eigenvalue weighted by Gasteiger charge is 2.09. The Balaban J connectivity index is 0. The molecule has 0 aliphatic rings. The number of hydrogen-bond donors (Lipinski definition) is 2. The predicted octanol–water partition coefficient (Wildman–Crippen LogP) is -1.21. The third-order valence-electron chi connectivity index (χ3n) is 1.43. The molecule has 0 aromatic heterocycles. The van der Waals surface area contributed by atoms with E-state index in [-0.39, 0.29) is 0 Å². The normalized spacial score (nSPS) is 12.5. The number of likely N-dealkylation sites (N-methyl/N-ethyl adjacent to an activating group) is 2. The quantitative estimate of drug-likeness (QED) is 0.620. The standard InChI is InChI=1S/C6H16N2O2S.H2O4S/c1-7(2)5-6-8(3)11(4,9)10;1-5(2,3)4/h5-6H2,1-4H3;(H2,1,2,3,4). The maximum Gasteiger partial charge on any atom is 0.394 e. The van der Waals surface area contributed by atoms with Gasteiger partial charge in [0.05, 0.1) is 6.26 Å². The van der Waals surface area contributed by atoms with Crippen LogP contribution in [0, 0.1) is 0 Å². The molecule has 0 aromatic rings. The number of sulfonamides is 1. The molecule has 2 N–H and O–H groups in total. The summed E-state index contributed by atoms with van der Waals surface area (Å²) >= 11 is 0. The molecule has 0 radical (unpaired) electrons. The van der Waals surface area contributed by atoms with E-state index in [1.807, 2.05) is 19.0 Å². The van der Waals surface area contributed by atoms with E-state index < -0.39 is 20.4 Å². The van der Waals surface area contributed by atoms with Gasteiger partial charge in [-0.2, -0.15) is 8.42 Å². The van der Waals surface area contributed by atoms with Crippen LogP contribution in [0.5, 0.6) is 0 Å². The van der Waals surface area contributed by atoms with E-state index in [4.69, 9.17) is 17.5 Å². The molecule has 10 heteroatoms. The SMILES string of the molecule is CN(C)CCN(C)S(C)(=O)=O.O=S(=O)(O)O. The van der Waals surface area contributed by atoms with Crippen LogP contribution in [-0.4, -0.2) is 75.6 Å². The van der Waals surface area contributed by atoms with Crippen molar-refractivity contribution in [3.8, 4) is 0 Å². The highest BCUT2D eigenvalue weighted by atomic mass is 32.3. The van der Waals surface area contributed by atoms with Crippen LogP contribution in [0.15, 0.2) is 0 Å². The summed E-state index contributed by atoms with van der Waals surface area (Å²) in [5.41, 5.74) is 0. The Hall–Kier alpha value is -0.260.